The Bertz CT molecular complexity index is 1530. The van der Waals surface area contributed by atoms with Gasteiger partial charge in [-0.15, -0.1) is 0 Å². The van der Waals surface area contributed by atoms with Crippen molar-refractivity contribution in [3.05, 3.63) is 82.9 Å². The number of hydrogen-bond donors (Lipinski definition) is 1. The first-order valence-electron chi connectivity index (χ1n) is 14.1. The number of benzene rings is 2. The number of amides is 1. The Morgan fingerprint density at radius 2 is 1.36 bits per heavy atom. The number of pyridine rings is 1. The van der Waals surface area contributed by atoms with Crippen molar-refractivity contribution < 1.29 is 46.8 Å². The van der Waals surface area contributed by atoms with Crippen LogP contribution in [0, 0.1) is 17.6 Å². The molecule has 3 rings (SSSR count). The van der Waals surface area contributed by atoms with Gasteiger partial charge in [0.15, 0.2) is 34.6 Å². The molecule has 0 aliphatic rings. The minimum absolute atomic E-state index is 0.00506. The van der Waals surface area contributed by atoms with Crippen molar-refractivity contribution in [3.8, 4) is 23.0 Å². The number of hydrogen-bond acceptors (Lipinski definition) is 9. The Labute approximate surface area is 260 Å². The van der Waals surface area contributed by atoms with Gasteiger partial charge in [0.1, 0.15) is 11.8 Å². The molecule has 1 heterocycles. The summed E-state index contributed by atoms with van der Waals surface area (Å²) in [6, 6.07) is 8.36. The summed E-state index contributed by atoms with van der Waals surface area (Å²) in [6.45, 7) is 6.51. The maximum atomic E-state index is 14.7. The summed E-state index contributed by atoms with van der Waals surface area (Å²) >= 11 is 0. The van der Waals surface area contributed by atoms with E-state index in [4.69, 9.17) is 23.7 Å². The van der Waals surface area contributed by atoms with Gasteiger partial charge in [-0.2, -0.15) is 0 Å². The largest absolute Gasteiger partial charge is 0.494 e. The maximum absolute atomic E-state index is 14.7. The van der Waals surface area contributed by atoms with Gasteiger partial charge >= 0.3 is 11.9 Å². The van der Waals surface area contributed by atoms with Gasteiger partial charge in [-0.1, -0.05) is 26.0 Å². The van der Waals surface area contributed by atoms with Crippen LogP contribution in [-0.2, 0) is 14.3 Å². The number of carbonyl (C=O) groups excluding carboxylic acids is 3. The molecule has 1 atom stereocenters. The number of methoxy groups -OCH3 is 3. The maximum Gasteiger partial charge on any atom is 0.333 e. The minimum atomic E-state index is -1.23. The third-order valence-electron chi connectivity index (χ3n) is 7.01. The molecule has 0 saturated heterocycles. The molecule has 2 aromatic carbocycles. The van der Waals surface area contributed by atoms with Crippen LogP contribution < -0.4 is 24.3 Å². The molecular weight excluding hydrogens is 590 g/mol. The summed E-state index contributed by atoms with van der Waals surface area (Å²) in [6.07, 6.45) is 2.36. The summed E-state index contributed by atoms with van der Waals surface area (Å²) in [5.41, 5.74) is 0.465. The van der Waals surface area contributed by atoms with E-state index in [1.807, 2.05) is 13.8 Å². The second-order valence-corrected chi connectivity index (χ2v) is 9.87. The molecule has 240 valence electrons. The van der Waals surface area contributed by atoms with E-state index in [9.17, 15) is 23.2 Å². The summed E-state index contributed by atoms with van der Waals surface area (Å²) in [5, 5.41) is 2.49. The predicted octanol–water partition coefficient (Wildman–Crippen LogP) is 5.87. The highest BCUT2D eigenvalue weighted by Crippen LogP contribution is 2.33. The van der Waals surface area contributed by atoms with Crippen LogP contribution in [0.2, 0.25) is 0 Å². The van der Waals surface area contributed by atoms with Crippen molar-refractivity contribution >= 4 is 23.4 Å². The number of halogens is 2. The molecule has 1 aromatic heterocycles. The molecule has 0 saturated carbocycles. The molecule has 0 bridgehead atoms. The summed E-state index contributed by atoms with van der Waals surface area (Å²) in [4.78, 5) is 43.2. The van der Waals surface area contributed by atoms with Crippen LogP contribution in [0.5, 0.6) is 23.0 Å². The van der Waals surface area contributed by atoms with Crippen molar-refractivity contribution in [1.29, 1.82) is 0 Å². The zero-order chi connectivity index (χ0) is 33.3. The zero-order valence-corrected chi connectivity index (χ0v) is 26.2. The van der Waals surface area contributed by atoms with Gasteiger partial charge < -0.3 is 29.0 Å². The predicted molar refractivity (Wildman–Crippen MR) is 161 cm³/mol. The van der Waals surface area contributed by atoms with Gasteiger partial charge in [0.25, 0.3) is 5.91 Å². The number of nitrogens with zero attached hydrogens (tertiary/aromatic N) is 1. The monoisotopic (exact) mass is 626 g/mol. The molecule has 1 amide bonds. The molecule has 0 fully saturated rings. The molecular formula is C33H36F2N2O8. The number of allylic oxidation sites excluding steroid dienone is 1. The lowest BCUT2D eigenvalue weighted by Crippen LogP contribution is -2.40. The summed E-state index contributed by atoms with van der Waals surface area (Å²) in [7, 11) is 3.98. The molecule has 12 heteroatoms. The molecule has 10 nitrogen and oxygen atoms in total. The van der Waals surface area contributed by atoms with E-state index >= 15 is 0 Å². The van der Waals surface area contributed by atoms with Crippen molar-refractivity contribution in [2.45, 2.75) is 46.6 Å². The first-order valence-corrected chi connectivity index (χ1v) is 14.1. The van der Waals surface area contributed by atoms with Crippen LogP contribution in [0.15, 0.2) is 54.4 Å². The van der Waals surface area contributed by atoms with Gasteiger partial charge in [0.05, 0.1) is 27.2 Å². The van der Waals surface area contributed by atoms with E-state index < -0.39 is 41.4 Å². The Morgan fingerprint density at radius 3 is 1.82 bits per heavy atom. The molecule has 0 unspecified atom stereocenters. The topological polar surface area (TPSA) is 122 Å². The molecule has 1 N–H and O–H groups in total. The molecule has 0 spiro atoms. The standard InChI is InChI=1S/C33H36F2N2O8/c1-8-20(9-2)33(40)45-30-27(43-7)14-15-36-29(30)31(38)37-18(3)32(39)44-19(4)28(21-10-12-25(41-5)23(34)16-21)22-11-13-26(42-6)24(35)17-22/h10-18,20H,8-9H2,1-7H3,(H,37,38)/t18-/m0/s1. The molecule has 0 aliphatic carbocycles. The molecule has 0 radical (unpaired) electrons. The van der Waals surface area contributed by atoms with Crippen molar-refractivity contribution in [3.63, 3.8) is 0 Å². The number of carbonyl (C=O) groups is 3. The molecule has 45 heavy (non-hydrogen) atoms. The highest BCUT2D eigenvalue weighted by molar-refractivity contribution is 5.99. The average Bonchev–Trinajstić information content (AvgIpc) is 3.02. The number of rotatable bonds is 13. The number of esters is 2. The lowest BCUT2D eigenvalue weighted by molar-refractivity contribution is -0.141. The second-order valence-electron chi connectivity index (χ2n) is 9.87. The lowest BCUT2D eigenvalue weighted by Gasteiger charge is -2.19. The van der Waals surface area contributed by atoms with E-state index in [0.717, 1.165) is 12.1 Å². The van der Waals surface area contributed by atoms with Crippen molar-refractivity contribution in [1.82, 2.24) is 10.3 Å². The summed E-state index contributed by atoms with van der Waals surface area (Å²) in [5.74, 6) is -4.16. The molecule has 0 aliphatic heterocycles. The lowest BCUT2D eigenvalue weighted by atomic mass is 9.96. The van der Waals surface area contributed by atoms with E-state index in [1.165, 1.54) is 71.7 Å². The average molecular weight is 627 g/mol. The van der Waals surface area contributed by atoms with E-state index in [2.05, 4.69) is 10.3 Å². The highest BCUT2D eigenvalue weighted by Gasteiger charge is 2.28. The first-order chi connectivity index (χ1) is 21.5. The van der Waals surface area contributed by atoms with Crippen LogP contribution in [0.3, 0.4) is 0 Å². The van der Waals surface area contributed by atoms with E-state index in [1.54, 1.807) is 0 Å². The fraction of sp³-hybridized carbons (Fsp3) is 0.333. The van der Waals surface area contributed by atoms with Crippen LogP contribution in [0.25, 0.3) is 5.57 Å². The van der Waals surface area contributed by atoms with Crippen LogP contribution in [0.4, 0.5) is 8.78 Å². The Morgan fingerprint density at radius 1 is 0.822 bits per heavy atom. The fourth-order valence-electron chi connectivity index (χ4n) is 4.49. The van der Waals surface area contributed by atoms with Crippen LogP contribution in [0.1, 0.15) is 62.2 Å². The first kappa shape index (κ1) is 34.5. The Hall–Kier alpha value is -5.00. The quantitative estimate of drug-likeness (QED) is 0.183. The molecule has 3 aromatic rings. The van der Waals surface area contributed by atoms with Gasteiger partial charge in [-0.25, -0.2) is 18.6 Å². The minimum Gasteiger partial charge on any atom is -0.494 e. The highest BCUT2D eigenvalue weighted by atomic mass is 19.1. The van der Waals surface area contributed by atoms with Gasteiger partial charge in [-0.05, 0) is 62.1 Å². The zero-order valence-electron chi connectivity index (χ0n) is 26.2. The van der Waals surface area contributed by atoms with E-state index in [-0.39, 0.29) is 51.2 Å². The van der Waals surface area contributed by atoms with Crippen molar-refractivity contribution in [2.24, 2.45) is 5.92 Å². The smallest absolute Gasteiger partial charge is 0.333 e. The Kier molecular flexibility index (Phi) is 12.0. The van der Waals surface area contributed by atoms with Gasteiger partial charge in [0, 0.05) is 17.8 Å². The van der Waals surface area contributed by atoms with E-state index in [0.29, 0.717) is 12.8 Å². The number of nitrogens with one attached hydrogen (secondary N) is 1. The van der Waals surface area contributed by atoms with Crippen LogP contribution in [-0.4, -0.2) is 50.2 Å². The Balaban J connectivity index is 1.93. The second kappa shape index (κ2) is 15.6. The third-order valence-corrected chi connectivity index (χ3v) is 7.01. The normalized spacial score (nSPS) is 11.3. The number of aromatic nitrogens is 1. The number of ether oxygens (including phenoxy) is 5. The van der Waals surface area contributed by atoms with Gasteiger partial charge in [0.2, 0.25) is 5.75 Å². The third kappa shape index (κ3) is 8.14. The van der Waals surface area contributed by atoms with Crippen LogP contribution >= 0.6 is 0 Å². The fourth-order valence-corrected chi connectivity index (χ4v) is 4.49. The van der Waals surface area contributed by atoms with Crippen molar-refractivity contribution in [2.75, 3.05) is 21.3 Å². The SMILES string of the molecule is CCC(CC)C(=O)Oc1c(OC)ccnc1C(=O)N[C@@H](C)C(=O)OC(C)=C(c1ccc(OC)c(F)c1)c1ccc(OC)c(F)c1. The van der Waals surface area contributed by atoms with Gasteiger partial charge in [-0.3, -0.25) is 9.59 Å². The summed E-state index contributed by atoms with van der Waals surface area (Å²) < 4.78 is 55.8.